The highest BCUT2D eigenvalue weighted by Gasteiger charge is 2.13. The van der Waals surface area contributed by atoms with Crippen LogP contribution in [0.5, 0.6) is 5.75 Å². The minimum absolute atomic E-state index is 0.0849. The summed E-state index contributed by atoms with van der Waals surface area (Å²) in [7, 11) is -3.62. The molecule has 0 aromatic heterocycles. The Hall–Kier alpha value is -2.27. The van der Waals surface area contributed by atoms with Gasteiger partial charge in [-0.25, -0.2) is 8.42 Å². The lowest BCUT2D eigenvalue weighted by Crippen LogP contribution is -2.12. The molecule has 0 fully saturated rings. The van der Waals surface area contributed by atoms with E-state index in [1.807, 2.05) is 0 Å². The van der Waals surface area contributed by atoms with E-state index in [9.17, 15) is 8.42 Å². The molecule has 20 heavy (non-hydrogen) atoms. The number of sulfonamides is 1. The standard InChI is InChI=1S/C15H15NO3S/c1-2-3-12-4-10-15(11-5-12)20(18,19)16-13-6-8-14(17)9-7-13/h2,4-11,16-17H,1,3H2. The molecule has 2 N–H and O–H groups in total. The predicted octanol–water partition coefficient (Wildman–Crippen LogP) is 2.92. The molecule has 0 atom stereocenters. The highest BCUT2D eigenvalue weighted by Crippen LogP contribution is 2.19. The Balaban J connectivity index is 2.21. The fraction of sp³-hybridized carbons (Fsp3) is 0.0667. The van der Waals surface area contributed by atoms with Gasteiger partial charge in [0.15, 0.2) is 0 Å². The van der Waals surface area contributed by atoms with Crippen molar-refractivity contribution >= 4 is 15.7 Å². The van der Waals surface area contributed by atoms with Crippen molar-refractivity contribution in [2.45, 2.75) is 11.3 Å². The maximum atomic E-state index is 12.2. The molecule has 5 heteroatoms. The molecule has 0 saturated carbocycles. The number of phenols is 1. The molecule has 0 amide bonds. The van der Waals surface area contributed by atoms with Gasteiger partial charge in [-0.05, 0) is 48.4 Å². The maximum Gasteiger partial charge on any atom is 0.261 e. The third-order valence-corrected chi connectivity index (χ3v) is 4.13. The molecule has 2 aromatic rings. The number of nitrogens with one attached hydrogen (secondary N) is 1. The summed E-state index contributed by atoms with van der Waals surface area (Å²) in [6, 6.07) is 12.5. The van der Waals surface area contributed by atoms with Gasteiger partial charge < -0.3 is 5.11 Å². The summed E-state index contributed by atoms with van der Waals surface area (Å²) in [6.45, 7) is 3.64. The molecule has 0 aliphatic rings. The van der Waals surface area contributed by atoms with Crippen molar-refractivity contribution < 1.29 is 13.5 Å². The van der Waals surface area contributed by atoms with E-state index < -0.39 is 10.0 Å². The van der Waals surface area contributed by atoms with Gasteiger partial charge in [0.2, 0.25) is 0 Å². The van der Waals surface area contributed by atoms with Crippen LogP contribution in [-0.2, 0) is 16.4 Å². The van der Waals surface area contributed by atoms with E-state index in [-0.39, 0.29) is 10.6 Å². The molecule has 0 aliphatic carbocycles. The Morgan fingerprint density at radius 3 is 2.20 bits per heavy atom. The highest BCUT2D eigenvalue weighted by molar-refractivity contribution is 7.92. The summed E-state index contributed by atoms with van der Waals surface area (Å²) in [5.74, 6) is 0.0849. The van der Waals surface area contributed by atoms with Crippen molar-refractivity contribution in [2.24, 2.45) is 0 Å². The summed E-state index contributed by atoms with van der Waals surface area (Å²) in [5.41, 5.74) is 1.40. The van der Waals surface area contributed by atoms with Crippen LogP contribution in [0.4, 0.5) is 5.69 Å². The second-order valence-corrected chi connectivity index (χ2v) is 5.97. The number of hydrogen-bond acceptors (Lipinski definition) is 3. The van der Waals surface area contributed by atoms with Crippen LogP contribution in [0, 0.1) is 0 Å². The number of allylic oxidation sites excluding steroid dienone is 1. The minimum atomic E-state index is -3.62. The normalized spacial score (nSPS) is 11.0. The Morgan fingerprint density at radius 2 is 1.65 bits per heavy atom. The maximum absolute atomic E-state index is 12.2. The quantitative estimate of drug-likeness (QED) is 0.657. The smallest absolute Gasteiger partial charge is 0.261 e. The van der Waals surface area contributed by atoms with Gasteiger partial charge in [0.25, 0.3) is 10.0 Å². The molecule has 0 radical (unpaired) electrons. The first-order valence-electron chi connectivity index (χ1n) is 6.03. The van der Waals surface area contributed by atoms with Gasteiger partial charge in [-0.1, -0.05) is 18.2 Å². The van der Waals surface area contributed by atoms with Crippen LogP contribution in [0.2, 0.25) is 0 Å². The molecule has 0 bridgehead atoms. The Morgan fingerprint density at radius 1 is 1.05 bits per heavy atom. The van der Waals surface area contributed by atoms with Gasteiger partial charge >= 0.3 is 0 Å². The Bertz CT molecular complexity index is 689. The monoisotopic (exact) mass is 289 g/mol. The number of anilines is 1. The van der Waals surface area contributed by atoms with Crippen LogP contribution < -0.4 is 4.72 Å². The molecule has 0 spiro atoms. The van der Waals surface area contributed by atoms with Crippen molar-refractivity contribution in [2.75, 3.05) is 4.72 Å². The van der Waals surface area contributed by atoms with E-state index in [2.05, 4.69) is 11.3 Å². The summed E-state index contributed by atoms with van der Waals surface area (Å²) in [6.07, 6.45) is 2.46. The van der Waals surface area contributed by atoms with Crippen molar-refractivity contribution in [3.8, 4) is 5.75 Å². The second-order valence-electron chi connectivity index (χ2n) is 4.29. The fourth-order valence-electron chi connectivity index (χ4n) is 1.71. The topological polar surface area (TPSA) is 66.4 Å². The lowest BCUT2D eigenvalue weighted by molar-refractivity contribution is 0.475. The Kier molecular flexibility index (Phi) is 4.10. The van der Waals surface area contributed by atoms with Crippen LogP contribution in [0.1, 0.15) is 5.56 Å². The zero-order chi connectivity index (χ0) is 14.6. The molecular formula is C15H15NO3S. The molecule has 104 valence electrons. The van der Waals surface area contributed by atoms with Crippen molar-refractivity contribution in [1.29, 1.82) is 0 Å². The van der Waals surface area contributed by atoms with E-state index >= 15 is 0 Å². The van der Waals surface area contributed by atoms with Crippen molar-refractivity contribution in [1.82, 2.24) is 0 Å². The van der Waals surface area contributed by atoms with E-state index in [0.717, 1.165) is 5.56 Å². The molecule has 2 rings (SSSR count). The van der Waals surface area contributed by atoms with Gasteiger partial charge in [0.1, 0.15) is 5.75 Å². The molecule has 0 saturated heterocycles. The van der Waals surface area contributed by atoms with E-state index in [1.165, 1.54) is 24.3 Å². The van der Waals surface area contributed by atoms with Gasteiger partial charge in [0, 0.05) is 5.69 Å². The first-order chi connectivity index (χ1) is 9.51. The summed E-state index contributed by atoms with van der Waals surface area (Å²) >= 11 is 0. The highest BCUT2D eigenvalue weighted by atomic mass is 32.2. The average Bonchev–Trinajstić information content (AvgIpc) is 2.42. The van der Waals surface area contributed by atoms with Crippen LogP contribution in [0.15, 0.2) is 66.1 Å². The molecule has 0 unspecified atom stereocenters. The molecule has 0 aliphatic heterocycles. The summed E-state index contributed by atoms with van der Waals surface area (Å²) in [4.78, 5) is 0.193. The van der Waals surface area contributed by atoms with Crippen molar-refractivity contribution in [3.63, 3.8) is 0 Å². The zero-order valence-electron chi connectivity index (χ0n) is 10.8. The van der Waals surface area contributed by atoms with Crippen LogP contribution in [-0.4, -0.2) is 13.5 Å². The number of benzene rings is 2. The fourth-order valence-corrected chi connectivity index (χ4v) is 2.77. The largest absolute Gasteiger partial charge is 0.508 e. The number of phenolic OH excluding ortho intramolecular Hbond substituents is 1. The number of aromatic hydroxyl groups is 1. The van der Waals surface area contributed by atoms with Gasteiger partial charge in [-0.15, -0.1) is 6.58 Å². The van der Waals surface area contributed by atoms with Gasteiger partial charge in [-0.2, -0.15) is 0 Å². The molecule has 4 nitrogen and oxygen atoms in total. The zero-order valence-corrected chi connectivity index (χ0v) is 11.6. The lowest BCUT2D eigenvalue weighted by Gasteiger charge is -2.08. The van der Waals surface area contributed by atoms with Crippen LogP contribution in [0.25, 0.3) is 0 Å². The summed E-state index contributed by atoms with van der Waals surface area (Å²) in [5, 5.41) is 9.17. The van der Waals surface area contributed by atoms with E-state index in [0.29, 0.717) is 12.1 Å². The predicted molar refractivity (Wildman–Crippen MR) is 79.3 cm³/mol. The van der Waals surface area contributed by atoms with E-state index in [1.54, 1.807) is 30.3 Å². The minimum Gasteiger partial charge on any atom is -0.508 e. The van der Waals surface area contributed by atoms with Gasteiger partial charge in [-0.3, -0.25) is 4.72 Å². The summed E-state index contributed by atoms with van der Waals surface area (Å²) < 4.78 is 26.8. The average molecular weight is 289 g/mol. The molecular weight excluding hydrogens is 274 g/mol. The lowest BCUT2D eigenvalue weighted by atomic mass is 10.2. The Labute approximate surface area is 118 Å². The van der Waals surface area contributed by atoms with Gasteiger partial charge in [0.05, 0.1) is 4.90 Å². The number of rotatable bonds is 5. The molecule has 2 aromatic carbocycles. The van der Waals surface area contributed by atoms with Crippen LogP contribution in [0.3, 0.4) is 0 Å². The first kappa shape index (κ1) is 14.1. The SMILES string of the molecule is C=CCc1ccc(S(=O)(=O)Nc2ccc(O)cc2)cc1. The van der Waals surface area contributed by atoms with Crippen LogP contribution >= 0.6 is 0 Å². The first-order valence-corrected chi connectivity index (χ1v) is 7.51. The van der Waals surface area contributed by atoms with E-state index in [4.69, 9.17) is 5.11 Å². The second kappa shape index (κ2) is 5.79. The number of hydrogen-bond donors (Lipinski definition) is 2. The molecule has 0 heterocycles. The van der Waals surface area contributed by atoms with Crippen molar-refractivity contribution in [3.05, 3.63) is 66.7 Å². The third-order valence-electron chi connectivity index (χ3n) is 2.73. The third kappa shape index (κ3) is 3.39.